The van der Waals surface area contributed by atoms with E-state index in [1.54, 1.807) is 0 Å². The van der Waals surface area contributed by atoms with Gasteiger partial charge in [0.15, 0.2) is 0 Å². The van der Waals surface area contributed by atoms with Crippen LogP contribution < -0.4 is 0 Å². The quantitative estimate of drug-likeness (QED) is 0.276. The molecule has 4 saturated heterocycles. The molecule has 0 aromatic rings. The SMILES string of the molecule is CN(C)CCN(C1CC(C)(C)N(C)C(C)(C)C1)P1OCC2(CO1)COP(N(CCN(C)C)C1CC(C)(C)N(C)C(C)(C)C1)OC2. The molecule has 1 spiro atoms. The Morgan fingerprint density at radius 1 is 0.511 bits per heavy atom. The molecule has 0 unspecified atom stereocenters. The summed E-state index contributed by atoms with van der Waals surface area (Å²) < 4.78 is 31.9. The zero-order valence-electron chi connectivity index (χ0n) is 31.4. The number of piperidine rings is 2. The third kappa shape index (κ3) is 8.98. The first-order valence-corrected chi connectivity index (χ1v) is 19.4. The van der Waals surface area contributed by atoms with Crippen LogP contribution in [0.3, 0.4) is 0 Å². The second-order valence-corrected chi connectivity index (χ2v) is 20.5. The van der Waals surface area contributed by atoms with E-state index in [1.807, 2.05) is 0 Å². The van der Waals surface area contributed by atoms with Crippen LogP contribution in [0.25, 0.3) is 0 Å². The topological polar surface area (TPSA) is 56.4 Å². The van der Waals surface area contributed by atoms with Crippen LogP contribution in [-0.4, -0.2) is 158 Å². The maximum atomic E-state index is 6.70. The van der Waals surface area contributed by atoms with Crippen LogP contribution in [0.1, 0.15) is 81.1 Å². The summed E-state index contributed by atoms with van der Waals surface area (Å²) in [7, 11) is 10.8. The Bertz CT molecular complexity index is 851. The highest BCUT2D eigenvalue weighted by Crippen LogP contribution is 2.58. The second-order valence-electron chi connectivity index (χ2n) is 17.5. The van der Waals surface area contributed by atoms with Gasteiger partial charge in [0.05, 0.1) is 31.8 Å². The summed E-state index contributed by atoms with van der Waals surface area (Å²) in [6.07, 6.45) is 4.39. The van der Waals surface area contributed by atoms with Crippen molar-refractivity contribution >= 4 is 17.1 Å². The Morgan fingerprint density at radius 3 is 1.02 bits per heavy atom. The van der Waals surface area contributed by atoms with Gasteiger partial charge in [-0.1, -0.05) is 0 Å². The van der Waals surface area contributed by atoms with Gasteiger partial charge in [-0.2, -0.15) is 0 Å². The average Bonchev–Trinajstić information content (AvgIpc) is 2.92. The molecular weight excluding hydrogens is 606 g/mol. The number of hydrogen-bond acceptors (Lipinski definition) is 10. The van der Waals surface area contributed by atoms with Crippen molar-refractivity contribution in [3.63, 3.8) is 0 Å². The summed E-state index contributed by atoms with van der Waals surface area (Å²) in [6.45, 7) is 25.3. The first kappa shape index (κ1) is 38.3. The lowest BCUT2D eigenvalue weighted by atomic mass is 9.77. The van der Waals surface area contributed by atoms with E-state index in [0.717, 1.165) is 51.9 Å². The molecule has 0 N–H and O–H groups in total. The van der Waals surface area contributed by atoms with Crippen molar-refractivity contribution in [1.82, 2.24) is 28.9 Å². The average molecular weight is 675 g/mol. The van der Waals surface area contributed by atoms with Crippen LogP contribution in [0.2, 0.25) is 0 Å². The summed E-state index contributed by atoms with van der Waals surface area (Å²) in [5.41, 5.74) is 0.165. The fourth-order valence-electron chi connectivity index (χ4n) is 7.85. The van der Waals surface area contributed by atoms with Gasteiger partial charge in [0, 0.05) is 60.4 Å². The zero-order valence-corrected chi connectivity index (χ0v) is 33.1. The minimum Gasteiger partial charge on any atom is -0.321 e. The normalized spacial score (nSPS) is 33.2. The minimum atomic E-state index is -1.15. The Hall–Kier alpha value is 0.460. The number of hydrogen-bond donors (Lipinski definition) is 0. The fourth-order valence-corrected chi connectivity index (χ4v) is 11.5. The highest BCUT2D eigenvalue weighted by Gasteiger charge is 2.51. The zero-order chi connectivity index (χ0) is 33.6. The van der Waals surface area contributed by atoms with Crippen LogP contribution in [0, 0.1) is 5.41 Å². The monoisotopic (exact) mass is 674 g/mol. The molecule has 0 amide bonds. The molecule has 4 aliphatic rings. The molecule has 0 aliphatic carbocycles. The van der Waals surface area contributed by atoms with Crippen LogP contribution in [0.5, 0.6) is 0 Å². The molecule has 4 heterocycles. The van der Waals surface area contributed by atoms with Crippen molar-refractivity contribution in [3.8, 4) is 0 Å². The molecule has 0 aromatic heterocycles. The van der Waals surface area contributed by atoms with Crippen LogP contribution in [0.4, 0.5) is 0 Å². The summed E-state index contributed by atoms with van der Waals surface area (Å²) in [4.78, 5) is 9.63. The number of likely N-dealkylation sites (N-methyl/N-ethyl adjacent to an activating group) is 2. The Kier molecular flexibility index (Phi) is 12.2. The van der Waals surface area contributed by atoms with Gasteiger partial charge >= 0.3 is 0 Å². The lowest BCUT2D eigenvalue weighted by Crippen LogP contribution is -2.62. The predicted octanol–water partition coefficient (Wildman–Crippen LogP) is 5.55. The molecule has 0 bridgehead atoms. The molecule has 45 heavy (non-hydrogen) atoms. The fraction of sp³-hybridized carbons (Fsp3) is 1.00. The van der Waals surface area contributed by atoms with Crippen molar-refractivity contribution < 1.29 is 18.1 Å². The number of rotatable bonds is 10. The van der Waals surface area contributed by atoms with Crippen molar-refractivity contribution in [1.29, 1.82) is 0 Å². The van der Waals surface area contributed by atoms with Gasteiger partial charge in [0.2, 0.25) is 0 Å². The van der Waals surface area contributed by atoms with Gasteiger partial charge in [-0.25, -0.2) is 9.34 Å². The van der Waals surface area contributed by atoms with E-state index in [4.69, 9.17) is 18.1 Å². The van der Waals surface area contributed by atoms with Gasteiger partial charge in [-0.15, -0.1) is 0 Å². The lowest BCUT2D eigenvalue weighted by molar-refractivity contribution is -0.0789. The summed E-state index contributed by atoms with van der Waals surface area (Å²) >= 11 is 0. The Balaban J connectivity index is 1.42. The highest BCUT2D eigenvalue weighted by molar-refractivity contribution is 7.45. The van der Waals surface area contributed by atoms with Gasteiger partial charge in [0.1, 0.15) is 0 Å². The maximum absolute atomic E-state index is 6.70. The Labute approximate surface area is 279 Å². The smallest absolute Gasteiger partial charge is 0.259 e. The first-order valence-electron chi connectivity index (χ1n) is 17.1. The number of nitrogens with zero attached hydrogens (tertiary/aromatic N) is 6. The molecule has 0 saturated carbocycles. The molecule has 4 aliphatic heterocycles. The number of likely N-dealkylation sites (tertiary alicyclic amines) is 2. The van der Waals surface area contributed by atoms with E-state index in [2.05, 4.69) is 127 Å². The molecule has 0 radical (unpaired) electrons. The van der Waals surface area contributed by atoms with Crippen molar-refractivity contribution in [3.05, 3.63) is 0 Å². The molecule has 0 aromatic carbocycles. The van der Waals surface area contributed by atoms with Crippen LogP contribution in [0.15, 0.2) is 0 Å². The van der Waals surface area contributed by atoms with E-state index >= 15 is 0 Å². The first-order chi connectivity index (χ1) is 20.7. The molecule has 4 fully saturated rings. The van der Waals surface area contributed by atoms with Gasteiger partial charge in [0.25, 0.3) is 17.1 Å². The van der Waals surface area contributed by atoms with E-state index in [1.165, 1.54) is 0 Å². The van der Waals surface area contributed by atoms with Crippen LogP contribution in [-0.2, 0) is 18.1 Å². The van der Waals surface area contributed by atoms with E-state index in [0.29, 0.717) is 38.5 Å². The molecule has 0 atom stereocenters. The predicted molar refractivity (Wildman–Crippen MR) is 188 cm³/mol. The Morgan fingerprint density at radius 2 is 0.778 bits per heavy atom. The second kappa shape index (κ2) is 14.4. The molecule has 4 rings (SSSR count). The van der Waals surface area contributed by atoms with E-state index in [9.17, 15) is 0 Å². The molecule has 10 nitrogen and oxygen atoms in total. The maximum Gasteiger partial charge on any atom is 0.259 e. The van der Waals surface area contributed by atoms with E-state index < -0.39 is 17.1 Å². The highest BCUT2D eigenvalue weighted by atomic mass is 31.2. The van der Waals surface area contributed by atoms with Gasteiger partial charge < -0.3 is 27.9 Å². The summed E-state index contributed by atoms with van der Waals surface area (Å²) in [6, 6.07) is 0.817. The van der Waals surface area contributed by atoms with Crippen molar-refractivity contribution in [2.75, 3.05) is 94.9 Å². The third-order valence-electron chi connectivity index (χ3n) is 11.3. The van der Waals surface area contributed by atoms with Gasteiger partial charge in [-0.3, -0.25) is 9.80 Å². The van der Waals surface area contributed by atoms with Crippen molar-refractivity contribution in [2.24, 2.45) is 5.41 Å². The summed E-state index contributed by atoms with van der Waals surface area (Å²) in [5.74, 6) is 0. The van der Waals surface area contributed by atoms with Crippen molar-refractivity contribution in [2.45, 2.75) is 115 Å². The standard InChI is InChI=1S/C33H68N6O4P2/c1-29(2)19-27(20-30(3,4)36(29)13)38(17-15-34(9)10)44-40-23-33(24-41-44)25-42-45(43-26-33)39(18-16-35(11)12)28-21-31(5,6)37(14)32(7,8)22-28/h27-28H,15-26H2,1-14H3. The van der Waals surface area contributed by atoms with E-state index in [-0.39, 0.29) is 27.6 Å². The van der Waals surface area contributed by atoms with Gasteiger partial charge in [-0.05, 0) is 123 Å². The van der Waals surface area contributed by atoms with Crippen LogP contribution >= 0.6 is 17.1 Å². The lowest BCUT2D eigenvalue weighted by Gasteiger charge is -2.57. The molecular formula is C33H68N6O4P2. The minimum absolute atomic E-state index is 0.105. The molecule has 12 heteroatoms. The molecule has 264 valence electrons. The summed E-state index contributed by atoms with van der Waals surface area (Å²) in [5, 5.41) is 0. The largest absolute Gasteiger partial charge is 0.321 e. The third-order valence-corrected chi connectivity index (χ3v) is 14.6.